The Bertz CT molecular complexity index is 508. The topological polar surface area (TPSA) is 22.0 Å². The second-order valence-corrected chi connectivity index (χ2v) is 4.24. The molecule has 0 aliphatic heterocycles. The molecule has 0 amide bonds. The number of fused-ring (bicyclic) bond motifs is 1. The van der Waals surface area contributed by atoms with Crippen LogP contribution in [0.25, 0.3) is 10.9 Å². The van der Waals surface area contributed by atoms with Gasteiger partial charge in [-0.3, -0.25) is 4.79 Å². The van der Waals surface area contributed by atoms with E-state index in [1.807, 2.05) is 18.2 Å². The van der Waals surface area contributed by atoms with Crippen LogP contribution in [0.15, 0.2) is 30.5 Å². The van der Waals surface area contributed by atoms with Crippen molar-refractivity contribution in [1.29, 1.82) is 0 Å². The Morgan fingerprint density at radius 3 is 2.80 bits per heavy atom. The van der Waals surface area contributed by atoms with E-state index in [4.69, 9.17) is 0 Å². The summed E-state index contributed by atoms with van der Waals surface area (Å²) in [6.07, 6.45) is 6.93. The van der Waals surface area contributed by atoms with E-state index in [9.17, 15) is 4.79 Å². The zero-order valence-corrected chi connectivity index (χ0v) is 8.52. The van der Waals surface area contributed by atoms with Crippen LogP contribution >= 0.6 is 0 Å². The Hall–Kier alpha value is -1.57. The maximum atomic E-state index is 10.7. The van der Waals surface area contributed by atoms with Crippen LogP contribution in [-0.2, 0) is 0 Å². The molecule has 1 aliphatic rings. The number of aromatic nitrogens is 1. The highest BCUT2D eigenvalue weighted by Crippen LogP contribution is 2.34. The lowest BCUT2D eigenvalue weighted by atomic mass is 9.93. The molecule has 1 saturated carbocycles. The van der Waals surface area contributed by atoms with Crippen molar-refractivity contribution in [3.05, 3.63) is 36.0 Å². The monoisotopic (exact) mass is 199 g/mol. The molecule has 0 spiro atoms. The van der Waals surface area contributed by atoms with E-state index in [-0.39, 0.29) is 0 Å². The van der Waals surface area contributed by atoms with Gasteiger partial charge in [0.1, 0.15) is 6.29 Å². The fourth-order valence-electron chi connectivity index (χ4n) is 2.22. The zero-order chi connectivity index (χ0) is 10.3. The molecule has 1 aromatic carbocycles. The molecule has 1 heterocycles. The maximum absolute atomic E-state index is 10.7. The molecule has 0 saturated heterocycles. The molecule has 1 aromatic heterocycles. The quantitative estimate of drug-likeness (QED) is 0.681. The SMILES string of the molecule is O=Cc1ccc2ccn(C3CCC3)c2c1. The average molecular weight is 199 g/mol. The largest absolute Gasteiger partial charge is 0.344 e. The van der Waals surface area contributed by atoms with Crippen LogP contribution in [0.5, 0.6) is 0 Å². The highest BCUT2D eigenvalue weighted by molar-refractivity contribution is 5.87. The fourth-order valence-corrected chi connectivity index (χ4v) is 2.22. The molecule has 0 atom stereocenters. The van der Waals surface area contributed by atoms with Crippen LogP contribution in [0.4, 0.5) is 0 Å². The molecule has 2 aromatic rings. The van der Waals surface area contributed by atoms with Gasteiger partial charge in [0.25, 0.3) is 0 Å². The number of aldehydes is 1. The van der Waals surface area contributed by atoms with Crippen LogP contribution in [0, 0.1) is 0 Å². The van der Waals surface area contributed by atoms with Gasteiger partial charge in [-0.25, -0.2) is 0 Å². The van der Waals surface area contributed by atoms with Crippen LogP contribution in [0.3, 0.4) is 0 Å². The number of carbonyl (C=O) groups excluding carboxylic acids is 1. The summed E-state index contributed by atoms with van der Waals surface area (Å²) >= 11 is 0. The van der Waals surface area contributed by atoms with Gasteiger partial charge in [0.15, 0.2) is 0 Å². The molecular formula is C13H13NO. The summed E-state index contributed by atoms with van der Waals surface area (Å²) < 4.78 is 2.31. The third-order valence-electron chi connectivity index (χ3n) is 3.35. The van der Waals surface area contributed by atoms with Crippen LogP contribution in [-0.4, -0.2) is 10.9 Å². The minimum atomic E-state index is 0.657. The molecule has 0 N–H and O–H groups in total. The predicted octanol–water partition coefficient (Wildman–Crippen LogP) is 3.18. The summed E-state index contributed by atoms with van der Waals surface area (Å²) in [6, 6.07) is 8.67. The van der Waals surface area contributed by atoms with Gasteiger partial charge >= 0.3 is 0 Å². The summed E-state index contributed by atoms with van der Waals surface area (Å²) in [5.41, 5.74) is 1.96. The van der Waals surface area contributed by atoms with E-state index in [0.717, 1.165) is 11.8 Å². The van der Waals surface area contributed by atoms with E-state index in [1.54, 1.807) is 0 Å². The van der Waals surface area contributed by atoms with Gasteiger partial charge in [-0.05, 0) is 36.8 Å². The van der Waals surface area contributed by atoms with Crippen molar-refractivity contribution in [3.8, 4) is 0 Å². The molecule has 0 unspecified atom stereocenters. The second kappa shape index (κ2) is 3.23. The Labute approximate surface area is 88.5 Å². The molecule has 76 valence electrons. The number of carbonyl (C=O) groups is 1. The number of benzene rings is 1. The zero-order valence-electron chi connectivity index (χ0n) is 8.52. The number of rotatable bonds is 2. The van der Waals surface area contributed by atoms with Crippen molar-refractivity contribution < 1.29 is 4.79 Å². The summed E-state index contributed by atoms with van der Waals surface area (Å²) in [6.45, 7) is 0. The summed E-state index contributed by atoms with van der Waals surface area (Å²) in [5, 5.41) is 1.23. The predicted molar refractivity (Wildman–Crippen MR) is 60.2 cm³/mol. The number of hydrogen-bond acceptors (Lipinski definition) is 1. The average Bonchev–Trinajstić information content (AvgIpc) is 2.59. The highest BCUT2D eigenvalue weighted by atomic mass is 16.1. The van der Waals surface area contributed by atoms with Crippen molar-refractivity contribution in [2.75, 3.05) is 0 Å². The molecule has 1 fully saturated rings. The Kier molecular flexibility index (Phi) is 1.88. The fraction of sp³-hybridized carbons (Fsp3) is 0.308. The van der Waals surface area contributed by atoms with Gasteiger partial charge in [0.2, 0.25) is 0 Å². The molecule has 1 aliphatic carbocycles. The standard InChI is InChI=1S/C13H13NO/c15-9-10-4-5-11-6-7-14(13(11)8-10)12-2-1-3-12/h4-9,12H,1-3H2. The van der Waals surface area contributed by atoms with Crippen LogP contribution in [0.1, 0.15) is 35.7 Å². The van der Waals surface area contributed by atoms with Crippen molar-refractivity contribution in [2.45, 2.75) is 25.3 Å². The van der Waals surface area contributed by atoms with Crippen molar-refractivity contribution >= 4 is 17.2 Å². The van der Waals surface area contributed by atoms with Gasteiger partial charge in [-0.2, -0.15) is 0 Å². The van der Waals surface area contributed by atoms with E-state index in [1.165, 1.54) is 30.2 Å². The van der Waals surface area contributed by atoms with Crippen LogP contribution in [0.2, 0.25) is 0 Å². The van der Waals surface area contributed by atoms with Crippen LogP contribution < -0.4 is 0 Å². The summed E-state index contributed by atoms with van der Waals surface area (Å²) in [5.74, 6) is 0. The third kappa shape index (κ3) is 1.29. The van der Waals surface area contributed by atoms with Crippen molar-refractivity contribution in [1.82, 2.24) is 4.57 Å². The van der Waals surface area contributed by atoms with E-state index in [0.29, 0.717) is 6.04 Å². The van der Waals surface area contributed by atoms with Gasteiger partial charge < -0.3 is 4.57 Å². The molecule has 15 heavy (non-hydrogen) atoms. The lowest BCUT2D eigenvalue weighted by Gasteiger charge is -2.28. The summed E-state index contributed by atoms with van der Waals surface area (Å²) in [4.78, 5) is 10.7. The van der Waals surface area contributed by atoms with E-state index in [2.05, 4.69) is 16.8 Å². The lowest BCUT2D eigenvalue weighted by Crippen LogP contribution is -2.15. The first kappa shape index (κ1) is 8.72. The third-order valence-corrected chi connectivity index (χ3v) is 3.35. The molecule has 2 heteroatoms. The van der Waals surface area contributed by atoms with Gasteiger partial charge in [0.05, 0.1) is 0 Å². The maximum Gasteiger partial charge on any atom is 0.150 e. The Balaban J connectivity index is 2.16. The molecule has 0 bridgehead atoms. The van der Waals surface area contributed by atoms with Gasteiger partial charge in [-0.1, -0.05) is 12.1 Å². The molecule has 3 rings (SSSR count). The number of nitrogens with zero attached hydrogens (tertiary/aromatic N) is 1. The highest BCUT2D eigenvalue weighted by Gasteiger charge is 2.20. The normalized spacial score (nSPS) is 16.5. The minimum absolute atomic E-state index is 0.657. The molecule has 2 nitrogen and oxygen atoms in total. The van der Waals surface area contributed by atoms with Crippen molar-refractivity contribution in [2.24, 2.45) is 0 Å². The number of hydrogen-bond donors (Lipinski definition) is 0. The Morgan fingerprint density at radius 2 is 2.13 bits per heavy atom. The van der Waals surface area contributed by atoms with Crippen molar-refractivity contribution in [3.63, 3.8) is 0 Å². The Morgan fingerprint density at radius 1 is 1.27 bits per heavy atom. The minimum Gasteiger partial charge on any atom is -0.344 e. The summed E-state index contributed by atoms with van der Waals surface area (Å²) in [7, 11) is 0. The smallest absolute Gasteiger partial charge is 0.150 e. The van der Waals surface area contributed by atoms with E-state index < -0.39 is 0 Å². The van der Waals surface area contributed by atoms with Gasteiger partial charge in [0, 0.05) is 23.3 Å². The van der Waals surface area contributed by atoms with E-state index >= 15 is 0 Å². The first-order valence-electron chi connectivity index (χ1n) is 5.44. The van der Waals surface area contributed by atoms with Gasteiger partial charge in [-0.15, -0.1) is 0 Å². The first-order chi connectivity index (χ1) is 7.38. The lowest BCUT2D eigenvalue weighted by molar-refractivity contribution is 0.112. The first-order valence-corrected chi connectivity index (χ1v) is 5.44. The second-order valence-electron chi connectivity index (χ2n) is 4.24. The molecule has 0 radical (unpaired) electrons. The molecular weight excluding hydrogens is 186 g/mol.